The summed E-state index contributed by atoms with van der Waals surface area (Å²) in [6.45, 7) is 1.11. The van der Waals surface area contributed by atoms with E-state index in [0.29, 0.717) is 19.5 Å². The van der Waals surface area contributed by atoms with Crippen LogP contribution in [0.2, 0.25) is 0 Å². The van der Waals surface area contributed by atoms with Crippen molar-refractivity contribution in [1.82, 2.24) is 10.2 Å². The maximum atomic E-state index is 11.9. The van der Waals surface area contributed by atoms with Crippen LogP contribution in [-0.4, -0.2) is 42.5 Å². The molecule has 1 aromatic rings. The summed E-state index contributed by atoms with van der Waals surface area (Å²) in [5, 5.41) is 2.60. The summed E-state index contributed by atoms with van der Waals surface area (Å²) in [6, 6.07) is 7.93. The van der Waals surface area contributed by atoms with Crippen LogP contribution >= 0.6 is 0 Å². The van der Waals surface area contributed by atoms with Crippen molar-refractivity contribution in [2.24, 2.45) is 0 Å². The molecule has 0 aromatic heterocycles. The molecule has 3 rings (SSSR count). The van der Waals surface area contributed by atoms with Gasteiger partial charge < -0.3 is 15.0 Å². The molecule has 19 heavy (non-hydrogen) atoms. The monoisotopic (exact) mass is 260 g/mol. The highest BCUT2D eigenvalue weighted by atomic mass is 16.5. The minimum atomic E-state index is -0.0634. The number of rotatable bonds is 2. The summed E-state index contributed by atoms with van der Waals surface area (Å²) >= 11 is 0. The van der Waals surface area contributed by atoms with Gasteiger partial charge in [-0.25, -0.2) is 0 Å². The first-order chi connectivity index (χ1) is 9.22. The highest BCUT2D eigenvalue weighted by molar-refractivity contribution is 5.87. The molecule has 5 nitrogen and oxygen atoms in total. The topological polar surface area (TPSA) is 58.6 Å². The fourth-order valence-corrected chi connectivity index (χ4v) is 2.53. The molecule has 1 atom stereocenters. The quantitative estimate of drug-likeness (QED) is 0.834. The zero-order chi connectivity index (χ0) is 13.2. The molecule has 1 unspecified atom stereocenters. The van der Waals surface area contributed by atoms with Gasteiger partial charge in [-0.2, -0.15) is 0 Å². The zero-order valence-electron chi connectivity index (χ0n) is 10.6. The molecule has 2 heterocycles. The summed E-state index contributed by atoms with van der Waals surface area (Å²) < 4.78 is 5.83. The van der Waals surface area contributed by atoms with Gasteiger partial charge in [-0.1, -0.05) is 18.2 Å². The Balaban J connectivity index is 1.63. The lowest BCUT2D eigenvalue weighted by atomic mass is 10.1. The summed E-state index contributed by atoms with van der Waals surface area (Å²) in [5.74, 6) is 0.806. The molecule has 1 aromatic carbocycles. The molecule has 1 saturated heterocycles. The fraction of sp³-hybridized carbons (Fsp3) is 0.429. The van der Waals surface area contributed by atoms with Crippen molar-refractivity contribution in [2.45, 2.75) is 18.9 Å². The molecule has 100 valence electrons. The van der Waals surface area contributed by atoms with Gasteiger partial charge in [0, 0.05) is 19.4 Å². The maximum absolute atomic E-state index is 11.9. The van der Waals surface area contributed by atoms with Crippen LogP contribution < -0.4 is 10.1 Å². The van der Waals surface area contributed by atoms with E-state index in [1.165, 1.54) is 5.56 Å². The zero-order valence-corrected chi connectivity index (χ0v) is 10.6. The van der Waals surface area contributed by atoms with Crippen molar-refractivity contribution in [1.29, 1.82) is 0 Å². The molecule has 2 amide bonds. The first-order valence-electron chi connectivity index (χ1n) is 6.51. The number of hydrogen-bond acceptors (Lipinski definition) is 3. The molecule has 2 aliphatic heterocycles. The van der Waals surface area contributed by atoms with Crippen LogP contribution in [0.1, 0.15) is 12.0 Å². The van der Waals surface area contributed by atoms with Crippen molar-refractivity contribution in [3.63, 3.8) is 0 Å². The first-order valence-corrected chi connectivity index (χ1v) is 6.51. The summed E-state index contributed by atoms with van der Waals surface area (Å²) in [7, 11) is 0. The highest BCUT2D eigenvalue weighted by Gasteiger charge is 2.28. The Labute approximate surface area is 111 Å². The number of nitrogens with one attached hydrogen (secondary N) is 1. The molecule has 5 heteroatoms. The first kappa shape index (κ1) is 12.0. The number of fused-ring (bicyclic) bond motifs is 1. The Kier molecular flexibility index (Phi) is 3.11. The van der Waals surface area contributed by atoms with E-state index in [2.05, 4.69) is 5.32 Å². The number of nitrogens with zero attached hydrogens (tertiary/aromatic N) is 1. The van der Waals surface area contributed by atoms with Crippen LogP contribution in [0.4, 0.5) is 0 Å². The predicted molar refractivity (Wildman–Crippen MR) is 68.8 cm³/mol. The van der Waals surface area contributed by atoms with Crippen molar-refractivity contribution in [3.05, 3.63) is 29.8 Å². The third kappa shape index (κ3) is 2.54. The molecule has 1 N–H and O–H groups in total. The Hall–Kier alpha value is -2.04. The van der Waals surface area contributed by atoms with Crippen LogP contribution in [0.15, 0.2) is 24.3 Å². The van der Waals surface area contributed by atoms with Crippen LogP contribution in [0.3, 0.4) is 0 Å². The minimum absolute atomic E-state index is 0.00504. The van der Waals surface area contributed by atoms with Crippen molar-refractivity contribution in [3.8, 4) is 5.75 Å². The minimum Gasteiger partial charge on any atom is -0.488 e. The van der Waals surface area contributed by atoms with Gasteiger partial charge in [0.05, 0.1) is 13.1 Å². The summed E-state index contributed by atoms with van der Waals surface area (Å²) in [4.78, 5) is 24.9. The van der Waals surface area contributed by atoms with E-state index >= 15 is 0 Å². The van der Waals surface area contributed by atoms with E-state index in [0.717, 1.165) is 12.2 Å². The number of carbonyl (C=O) groups excluding carboxylic acids is 2. The van der Waals surface area contributed by atoms with E-state index < -0.39 is 0 Å². The Bertz CT molecular complexity index is 490. The number of amides is 2. The third-order valence-corrected chi connectivity index (χ3v) is 3.54. The highest BCUT2D eigenvalue weighted by Crippen LogP contribution is 2.28. The van der Waals surface area contributed by atoms with Gasteiger partial charge >= 0.3 is 0 Å². The fourth-order valence-electron chi connectivity index (χ4n) is 2.53. The molecule has 2 aliphatic rings. The molecule has 1 fully saturated rings. The second-order valence-electron chi connectivity index (χ2n) is 4.92. The van der Waals surface area contributed by atoms with Gasteiger partial charge in [0.1, 0.15) is 11.9 Å². The van der Waals surface area contributed by atoms with Crippen LogP contribution in [0.5, 0.6) is 5.75 Å². The van der Waals surface area contributed by atoms with Gasteiger partial charge in [0.2, 0.25) is 11.8 Å². The lowest BCUT2D eigenvalue weighted by Gasteiger charge is -2.23. The standard InChI is InChI=1S/C14H16N2O3/c17-13-5-6-16(14(18)8-15-13)9-11-7-10-3-1-2-4-12(10)19-11/h1-4,11H,5-9H2,(H,15,17). The molecule has 0 aliphatic carbocycles. The van der Waals surface area contributed by atoms with Crippen molar-refractivity contribution in [2.75, 3.05) is 19.6 Å². The average Bonchev–Trinajstić information content (AvgIpc) is 2.75. The van der Waals surface area contributed by atoms with Gasteiger partial charge in [-0.05, 0) is 11.6 Å². The van der Waals surface area contributed by atoms with Crippen LogP contribution in [-0.2, 0) is 16.0 Å². The average molecular weight is 260 g/mol. The van der Waals surface area contributed by atoms with Crippen LogP contribution in [0, 0.1) is 0 Å². The Morgan fingerprint density at radius 2 is 2.16 bits per heavy atom. The van der Waals surface area contributed by atoms with Crippen molar-refractivity contribution < 1.29 is 14.3 Å². The summed E-state index contributed by atoms with van der Waals surface area (Å²) in [6.07, 6.45) is 1.18. The van der Waals surface area contributed by atoms with E-state index in [9.17, 15) is 9.59 Å². The number of carbonyl (C=O) groups is 2. The molecule has 0 radical (unpaired) electrons. The number of benzene rings is 1. The lowest BCUT2D eigenvalue weighted by Crippen LogP contribution is -2.41. The Morgan fingerprint density at radius 3 is 3.00 bits per heavy atom. The molecular formula is C14H16N2O3. The molecule has 0 saturated carbocycles. The molecule has 0 spiro atoms. The van der Waals surface area contributed by atoms with E-state index in [-0.39, 0.29) is 24.5 Å². The number of para-hydroxylation sites is 1. The SMILES string of the molecule is O=C1CCN(CC2Cc3ccccc3O2)C(=O)CN1. The largest absolute Gasteiger partial charge is 0.488 e. The normalized spacial score (nSPS) is 22.5. The Morgan fingerprint density at radius 1 is 1.32 bits per heavy atom. The van der Waals surface area contributed by atoms with Crippen LogP contribution in [0.25, 0.3) is 0 Å². The van der Waals surface area contributed by atoms with Gasteiger partial charge in [-0.3, -0.25) is 9.59 Å². The van der Waals surface area contributed by atoms with E-state index in [1.54, 1.807) is 4.90 Å². The maximum Gasteiger partial charge on any atom is 0.242 e. The molecular weight excluding hydrogens is 244 g/mol. The summed E-state index contributed by atoms with van der Waals surface area (Å²) in [5.41, 5.74) is 1.18. The molecule has 0 bridgehead atoms. The third-order valence-electron chi connectivity index (χ3n) is 3.54. The van der Waals surface area contributed by atoms with E-state index in [4.69, 9.17) is 4.74 Å². The van der Waals surface area contributed by atoms with E-state index in [1.807, 2.05) is 24.3 Å². The second kappa shape index (κ2) is 4.91. The van der Waals surface area contributed by atoms with Gasteiger partial charge in [-0.15, -0.1) is 0 Å². The number of hydrogen-bond donors (Lipinski definition) is 1. The lowest BCUT2D eigenvalue weighted by molar-refractivity contribution is -0.131. The van der Waals surface area contributed by atoms with Crippen molar-refractivity contribution >= 4 is 11.8 Å². The smallest absolute Gasteiger partial charge is 0.242 e. The number of ether oxygens (including phenoxy) is 1. The van der Waals surface area contributed by atoms with Gasteiger partial charge in [0.15, 0.2) is 0 Å². The van der Waals surface area contributed by atoms with Gasteiger partial charge in [0.25, 0.3) is 0 Å². The second-order valence-corrected chi connectivity index (χ2v) is 4.92. The predicted octanol–water partition coefficient (Wildman–Crippen LogP) is 0.339.